The second-order valence-corrected chi connectivity index (χ2v) is 7.26. The van der Waals surface area contributed by atoms with Crippen LogP contribution in [0.1, 0.15) is 32.2 Å². The van der Waals surface area contributed by atoms with Gasteiger partial charge in [0, 0.05) is 22.5 Å². The van der Waals surface area contributed by atoms with E-state index < -0.39 is 0 Å². The fourth-order valence-electron chi connectivity index (χ4n) is 1.67. The van der Waals surface area contributed by atoms with Crippen LogP contribution in [0.3, 0.4) is 0 Å². The van der Waals surface area contributed by atoms with E-state index in [-0.39, 0.29) is 5.41 Å². The fourth-order valence-corrected chi connectivity index (χ4v) is 2.48. The maximum Gasteiger partial charge on any atom is 0.137 e. The predicted octanol–water partition coefficient (Wildman–Crippen LogP) is 4.91. The van der Waals surface area contributed by atoms with Crippen molar-refractivity contribution in [3.63, 3.8) is 0 Å². The molecule has 0 atom stereocenters. The molecule has 0 aliphatic carbocycles. The van der Waals surface area contributed by atoms with Gasteiger partial charge in [0.25, 0.3) is 0 Å². The molecule has 1 N–H and O–H groups in total. The first-order chi connectivity index (χ1) is 9.36. The number of aromatic nitrogens is 2. The molecule has 0 bridgehead atoms. The standard InChI is InChI=1S/C15H17Br2N3/c1-15(2,3)14-19-12(17)8-13(20-14)18-9-10-6-4-5-7-11(10)16/h4-8H,9H2,1-3H3,(H,18,19,20). The first-order valence-electron chi connectivity index (χ1n) is 6.38. The number of rotatable bonds is 3. The van der Waals surface area contributed by atoms with Crippen LogP contribution in [0.15, 0.2) is 39.4 Å². The molecule has 0 fully saturated rings. The molecule has 20 heavy (non-hydrogen) atoms. The van der Waals surface area contributed by atoms with Crippen molar-refractivity contribution >= 4 is 37.7 Å². The number of halogens is 2. The van der Waals surface area contributed by atoms with Crippen molar-refractivity contribution in [3.05, 3.63) is 50.8 Å². The summed E-state index contributed by atoms with van der Waals surface area (Å²) in [5, 5.41) is 3.34. The van der Waals surface area contributed by atoms with E-state index in [0.717, 1.165) is 20.7 Å². The third-order valence-electron chi connectivity index (χ3n) is 2.78. The zero-order valence-corrected chi connectivity index (χ0v) is 14.9. The molecule has 0 saturated heterocycles. The van der Waals surface area contributed by atoms with Crippen LogP contribution < -0.4 is 5.32 Å². The summed E-state index contributed by atoms with van der Waals surface area (Å²) in [6.45, 7) is 7.03. The number of nitrogens with zero attached hydrogens (tertiary/aromatic N) is 2. The quantitative estimate of drug-likeness (QED) is 0.746. The Balaban J connectivity index is 2.18. The molecule has 2 rings (SSSR count). The molecule has 0 aliphatic rings. The summed E-state index contributed by atoms with van der Waals surface area (Å²) in [4.78, 5) is 9.02. The summed E-state index contributed by atoms with van der Waals surface area (Å²) in [5.74, 6) is 1.65. The van der Waals surface area contributed by atoms with Crippen molar-refractivity contribution in [2.24, 2.45) is 0 Å². The van der Waals surface area contributed by atoms with Gasteiger partial charge in [-0.3, -0.25) is 0 Å². The van der Waals surface area contributed by atoms with Crippen molar-refractivity contribution in [1.82, 2.24) is 9.97 Å². The molecule has 5 heteroatoms. The smallest absolute Gasteiger partial charge is 0.137 e. The Bertz CT molecular complexity index is 606. The van der Waals surface area contributed by atoms with Gasteiger partial charge >= 0.3 is 0 Å². The predicted molar refractivity (Wildman–Crippen MR) is 89.9 cm³/mol. The minimum absolute atomic E-state index is 0.0759. The summed E-state index contributed by atoms with van der Waals surface area (Å²) in [7, 11) is 0. The summed E-state index contributed by atoms with van der Waals surface area (Å²) in [5.41, 5.74) is 1.12. The molecule has 0 saturated carbocycles. The summed E-state index contributed by atoms with van der Waals surface area (Å²) >= 11 is 6.99. The summed E-state index contributed by atoms with van der Waals surface area (Å²) < 4.78 is 1.89. The average molecular weight is 399 g/mol. The van der Waals surface area contributed by atoms with Crippen LogP contribution >= 0.6 is 31.9 Å². The van der Waals surface area contributed by atoms with Gasteiger partial charge in [0.2, 0.25) is 0 Å². The van der Waals surface area contributed by atoms with Crippen molar-refractivity contribution in [2.75, 3.05) is 5.32 Å². The molecule has 2 aromatic rings. The van der Waals surface area contributed by atoms with E-state index >= 15 is 0 Å². The van der Waals surface area contributed by atoms with Crippen LogP contribution in [0.4, 0.5) is 5.82 Å². The van der Waals surface area contributed by atoms with Gasteiger partial charge in [-0.05, 0) is 27.6 Å². The average Bonchev–Trinajstić information content (AvgIpc) is 2.36. The van der Waals surface area contributed by atoms with E-state index in [1.54, 1.807) is 0 Å². The van der Waals surface area contributed by atoms with Gasteiger partial charge in [0.15, 0.2) is 0 Å². The molecular formula is C15H17Br2N3. The molecule has 106 valence electrons. The lowest BCUT2D eigenvalue weighted by atomic mass is 9.96. The van der Waals surface area contributed by atoms with Crippen LogP contribution in [0.5, 0.6) is 0 Å². The zero-order valence-electron chi connectivity index (χ0n) is 11.7. The number of nitrogens with one attached hydrogen (secondary N) is 1. The molecule has 0 spiro atoms. The normalized spacial score (nSPS) is 11.4. The number of hydrogen-bond donors (Lipinski definition) is 1. The molecule has 3 nitrogen and oxygen atoms in total. The minimum Gasteiger partial charge on any atom is -0.366 e. The first kappa shape index (κ1) is 15.4. The lowest BCUT2D eigenvalue weighted by molar-refractivity contribution is 0.544. The molecule has 1 aromatic heterocycles. The summed E-state index contributed by atoms with van der Waals surface area (Å²) in [6.07, 6.45) is 0. The highest BCUT2D eigenvalue weighted by atomic mass is 79.9. The van der Waals surface area contributed by atoms with E-state index in [9.17, 15) is 0 Å². The van der Waals surface area contributed by atoms with Gasteiger partial charge in [0.05, 0.1) is 0 Å². The van der Waals surface area contributed by atoms with E-state index in [2.05, 4.69) is 74.0 Å². The molecule has 1 heterocycles. The Morgan fingerprint density at radius 1 is 1.10 bits per heavy atom. The third-order valence-corrected chi connectivity index (χ3v) is 3.96. The monoisotopic (exact) mass is 397 g/mol. The maximum absolute atomic E-state index is 4.58. The molecule has 0 radical (unpaired) electrons. The zero-order chi connectivity index (χ0) is 14.8. The number of benzene rings is 1. The molecule has 0 amide bonds. The van der Waals surface area contributed by atoms with E-state index in [1.165, 1.54) is 5.56 Å². The Labute approximate surface area is 136 Å². The van der Waals surface area contributed by atoms with Gasteiger partial charge in [-0.15, -0.1) is 0 Å². The second-order valence-electron chi connectivity index (χ2n) is 5.59. The van der Waals surface area contributed by atoms with Gasteiger partial charge in [0.1, 0.15) is 16.2 Å². The van der Waals surface area contributed by atoms with Gasteiger partial charge in [-0.25, -0.2) is 9.97 Å². The van der Waals surface area contributed by atoms with E-state index in [1.807, 2.05) is 24.3 Å². The topological polar surface area (TPSA) is 37.8 Å². The minimum atomic E-state index is -0.0759. The van der Waals surface area contributed by atoms with Crippen LogP contribution in [-0.4, -0.2) is 9.97 Å². The Morgan fingerprint density at radius 2 is 1.80 bits per heavy atom. The highest BCUT2D eigenvalue weighted by Crippen LogP contribution is 2.23. The third kappa shape index (κ3) is 4.03. The van der Waals surface area contributed by atoms with Gasteiger partial charge in [-0.2, -0.15) is 0 Å². The van der Waals surface area contributed by atoms with Gasteiger partial charge < -0.3 is 5.32 Å². The molecule has 0 aliphatic heterocycles. The summed E-state index contributed by atoms with van der Waals surface area (Å²) in [6, 6.07) is 10.0. The second kappa shape index (κ2) is 6.22. The lowest BCUT2D eigenvalue weighted by Gasteiger charge is -2.18. The molecular weight excluding hydrogens is 382 g/mol. The molecule has 1 aromatic carbocycles. The van der Waals surface area contributed by atoms with Gasteiger partial charge in [-0.1, -0.05) is 54.9 Å². The van der Waals surface area contributed by atoms with E-state index in [4.69, 9.17) is 0 Å². The molecule has 0 unspecified atom stereocenters. The largest absolute Gasteiger partial charge is 0.366 e. The highest BCUT2D eigenvalue weighted by molar-refractivity contribution is 9.10. The Kier molecular flexibility index (Phi) is 4.81. The fraction of sp³-hybridized carbons (Fsp3) is 0.333. The van der Waals surface area contributed by atoms with Crippen LogP contribution in [0.2, 0.25) is 0 Å². The first-order valence-corrected chi connectivity index (χ1v) is 7.97. The maximum atomic E-state index is 4.58. The van der Waals surface area contributed by atoms with Crippen LogP contribution in [-0.2, 0) is 12.0 Å². The van der Waals surface area contributed by atoms with Crippen LogP contribution in [0, 0.1) is 0 Å². The van der Waals surface area contributed by atoms with Crippen molar-refractivity contribution < 1.29 is 0 Å². The van der Waals surface area contributed by atoms with Crippen molar-refractivity contribution in [2.45, 2.75) is 32.7 Å². The highest BCUT2D eigenvalue weighted by Gasteiger charge is 2.18. The number of anilines is 1. The van der Waals surface area contributed by atoms with E-state index in [0.29, 0.717) is 6.54 Å². The Morgan fingerprint density at radius 3 is 2.45 bits per heavy atom. The van der Waals surface area contributed by atoms with Crippen molar-refractivity contribution in [3.8, 4) is 0 Å². The SMILES string of the molecule is CC(C)(C)c1nc(Br)cc(NCc2ccccc2Br)n1. The van der Waals surface area contributed by atoms with Crippen LogP contribution in [0.25, 0.3) is 0 Å². The lowest BCUT2D eigenvalue weighted by Crippen LogP contribution is -2.17. The Hall–Kier alpha value is -0.940. The number of hydrogen-bond acceptors (Lipinski definition) is 3. The van der Waals surface area contributed by atoms with Crippen molar-refractivity contribution in [1.29, 1.82) is 0 Å².